The lowest BCUT2D eigenvalue weighted by Crippen LogP contribution is -2.14. The first-order valence-electron chi connectivity index (χ1n) is 7.06. The van der Waals surface area contributed by atoms with Gasteiger partial charge in [0.15, 0.2) is 17.5 Å². The lowest BCUT2D eigenvalue weighted by Gasteiger charge is -2.14. The topological polar surface area (TPSA) is 4.93 Å². The zero-order chi connectivity index (χ0) is 16.2. The number of benzene rings is 1. The lowest BCUT2D eigenvalue weighted by molar-refractivity contribution is -0.142. The molecule has 7 heteroatoms. The highest BCUT2D eigenvalue weighted by molar-refractivity contribution is 5.88. The molecule has 1 aliphatic rings. The monoisotopic (exact) mass is 321 g/mol. The van der Waals surface area contributed by atoms with Crippen LogP contribution >= 0.6 is 0 Å². The molecule has 22 heavy (non-hydrogen) atoms. The zero-order valence-corrected chi connectivity index (χ0v) is 11.8. The van der Waals surface area contributed by atoms with Crippen LogP contribution in [0.4, 0.5) is 26.3 Å². The Balaban J connectivity index is 2.52. The van der Waals surface area contributed by atoms with Gasteiger partial charge in [-0.05, 0) is 38.2 Å². The number of hydrogen-bond acceptors (Lipinski definition) is 0. The van der Waals surface area contributed by atoms with Gasteiger partial charge in [-0.25, -0.2) is 13.2 Å². The van der Waals surface area contributed by atoms with Crippen LogP contribution in [-0.4, -0.2) is 4.57 Å². The predicted octanol–water partition coefficient (Wildman–Crippen LogP) is 4.98. The zero-order valence-electron chi connectivity index (χ0n) is 11.8. The number of aromatic nitrogens is 1. The molecule has 0 atom stereocenters. The number of nitrogens with zero attached hydrogens (tertiary/aromatic N) is 1. The molecule has 0 bridgehead atoms. The number of alkyl halides is 3. The number of halogens is 6. The highest BCUT2D eigenvalue weighted by Gasteiger charge is 2.42. The third-order valence-electron chi connectivity index (χ3n) is 4.23. The third kappa shape index (κ3) is 1.94. The van der Waals surface area contributed by atoms with E-state index in [0.29, 0.717) is 24.1 Å². The van der Waals surface area contributed by atoms with Crippen molar-refractivity contribution in [2.24, 2.45) is 0 Å². The molecule has 1 aromatic heterocycles. The Kier molecular flexibility index (Phi) is 3.41. The first-order valence-corrected chi connectivity index (χ1v) is 7.06. The summed E-state index contributed by atoms with van der Waals surface area (Å²) in [7, 11) is 0. The van der Waals surface area contributed by atoms with Crippen LogP contribution in [0.2, 0.25) is 0 Å². The smallest absolute Gasteiger partial charge is 0.342 e. The molecule has 0 unspecified atom stereocenters. The second-order valence-electron chi connectivity index (χ2n) is 5.41. The molecule has 1 aliphatic carbocycles. The third-order valence-corrected chi connectivity index (χ3v) is 4.23. The highest BCUT2D eigenvalue weighted by atomic mass is 19.4. The molecule has 0 radical (unpaired) electrons. The van der Waals surface area contributed by atoms with Gasteiger partial charge in [0.2, 0.25) is 0 Å². The van der Waals surface area contributed by atoms with Gasteiger partial charge in [0, 0.05) is 17.6 Å². The van der Waals surface area contributed by atoms with Crippen molar-refractivity contribution in [3.8, 4) is 0 Å². The van der Waals surface area contributed by atoms with Crippen molar-refractivity contribution in [3.05, 3.63) is 34.3 Å². The summed E-state index contributed by atoms with van der Waals surface area (Å²) in [6.07, 6.45) is -2.83. The highest BCUT2D eigenvalue weighted by Crippen LogP contribution is 2.42. The van der Waals surface area contributed by atoms with Crippen molar-refractivity contribution in [1.82, 2.24) is 4.57 Å². The Morgan fingerprint density at radius 3 is 2.18 bits per heavy atom. The number of aryl methyl sites for hydroxylation is 2. The van der Waals surface area contributed by atoms with Crippen LogP contribution in [0.25, 0.3) is 10.9 Å². The molecule has 0 saturated heterocycles. The molecule has 3 rings (SSSR count). The van der Waals surface area contributed by atoms with Crippen LogP contribution in [0.1, 0.15) is 36.6 Å². The molecular formula is C15H13F6N. The Morgan fingerprint density at radius 2 is 1.59 bits per heavy atom. The summed E-state index contributed by atoms with van der Waals surface area (Å²) in [5, 5.41) is -0.334. The summed E-state index contributed by atoms with van der Waals surface area (Å²) < 4.78 is 82.5. The summed E-state index contributed by atoms with van der Waals surface area (Å²) in [5.74, 6) is -5.48. The van der Waals surface area contributed by atoms with Crippen LogP contribution < -0.4 is 0 Å². The van der Waals surface area contributed by atoms with Gasteiger partial charge in [0.05, 0.1) is 5.52 Å². The van der Waals surface area contributed by atoms with E-state index in [1.54, 1.807) is 6.92 Å². The number of hydrogen-bond donors (Lipinski definition) is 0. The quantitative estimate of drug-likeness (QED) is 0.516. The van der Waals surface area contributed by atoms with Gasteiger partial charge in [-0.3, -0.25) is 0 Å². The van der Waals surface area contributed by atoms with Gasteiger partial charge in [0.1, 0.15) is 5.56 Å². The molecule has 0 amide bonds. The van der Waals surface area contributed by atoms with E-state index < -0.39 is 34.7 Å². The maximum absolute atomic E-state index is 14.4. The summed E-state index contributed by atoms with van der Waals surface area (Å²) in [5.41, 5.74) is -1.57. The van der Waals surface area contributed by atoms with Crippen molar-refractivity contribution in [2.45, 2.75) is 45.3 Å². The summed E-state index contributed by atoms with van der Waals surface area (Å²) >= 11 is 0. The molecule has 0 aliphatic heterocycles. The van der Waals surface area contributed by atoms with E-state index in [4.69, 9.17) is 0 Å². The molecule has 120 valence electrons. The van der Waals surface area contributed by atoms with Gasteiger partial charge in [-0.2, -0.15) is 13.2 Å². The van der Waals surface area contributed by atoms with Crippen LogP contribution in [0.5, 0.6) is 0 Å². The Morgan fingerprint density at radius 1 is 0.955 bits per heavy atom. The van der Waals surface area contributed by atoms with Gasteiger partial charge in [-0.15, -0.1) is 0 Å². The van der Waals surface area contributed by atoms with Crippen LogP contribution in [0.3, 0.4) is 0 Å². The van der Waals surface area contributed by atoms with Crippen molar-refractivity contribution < 1.29 is 26.3 Å². The van der Waals surface area contributed by atoms with Gasteiger partial charge in [0.25, 0.3) is 0 Å². The Bertz CT molecular complexity index is 756. The average molecular weight is 321 g/mol. The fourth-order valence-corrected chi connectivity index (χ4v) is 3.37. The van der Waals surface area contributed by atoms with Crippen molar-refractivity contribution in [3.63, 3.8) is 0 Å². The van der Waals surface area contributed by atoms with E-state index in [1.807, 2.05) is 0 Å². The minimum atomic E-state index is -5.29. The molecule has 0 N–H and O–H groups in total. The van der Waals surface area contributed by atoms with Gasteiger partial charge >= 0.3 is 6.18 Å². The number of fused-ring (bicyclic) bond motifs is 3. The standard InChI is InChI=1S/C15H13F6N/c1-2-22-8-6-4-3-5-7(8)9-11(16)12(17)10(15(19,20)21)13(18)14(9)22/h2-6H2,1H3. The Labute approximate surface area is 122 Å². The molecule has 1 aromatic carbocycles. The summed E-state index contributed by atoms with van der Waals surface area (Å²) in [6, 6.07) is 0. The molecule has 0 spiro atoms. The van der Waals surface area contributed by atoms with E-state index in [2.05, 4.69) is 0 Å². The fourth-order valence-electron chi connectivity index (χ4n) is 3.37. The maximum Gasteiger partial charge on any atom is 0.422 e. The molecule has 0 fully saturated rings. The molecular weight excluding hydrogens is 308 g/mol. The normalized spacial score (nSPS) is 15.4. The van der Waals surface area contributed by atoms with Crippen LogP contribution in [0.15, 0.2) is 0 Å². The van der Waals surface area contributed by atoms with E-state index in [9.17, 15) is 26.3 Å². The van der Waals surface area contributed by atoms with E-state index in [1.165, 1.54) is 4.57 Å². The van der Waals surface area contributed by atoms with Crippen molar-refractivity contribution in [2.75, 3.05) is 0 Å². The van der Waals surface area contributed by atoms with Gasteiger partial charge < -0.3 is 4.57 Å². The van der Waals surface area contributed by atoms with Crippen molar-refractivity contribution >= 4 is 10.9 Å². The van der Waals surface area contributed by atoms with E-state index in [-0.39, 0.29) is 11.9 Å². The molecule has 1 heterocycles. The van der Waals surface area contributed by atoms with Crippen LogP contribution in [-0.2, 0) is 25.6 Å². The summed E-state index contributed by atoms with van der Waals surface area (Å²) in [6.45, 7) is 1.84. The molecule has 2 aromatic rings. The largest absolute Gasteiger partial charge is 0.422 e. The predicted molar refractivity (Wildman–Crippen MR) is 69.1 cm³/mol. The maximum atomic E-state index is 14.4. The van der Waals surface area contributed by atoms with Gasteiger partial charge in [-0.1, -0.05) is 0 Å². The average Bonchev–Trinajstić information content (AvgIpc) is 2.78. The number of rotatable bonds is 1. The van der Waals surface area contributed by atoms with Crippen molar-refractivity contribution in [1.29, 1.82) is 0 Å². The minimum absolute atomic E-state index is 0.200. The van der Waals surface area contributed by atoms with E-state index >= 15 is 0 Å². The second kappa shape index (κ2) is 4.93. The molecule has 0 saturated carbocycles. The van der Waals surface area contributed by atoms with E-state index in [0.717, 1.165) is 12.8 Å². The first kappa shape index (κ1) is 15.2. The minimum Gasteiger partial charge on any atom is -0.342 e. The molecule has 1 nitrogen and oxygen atoms in total. The fraction of sp³-hybridized carbons (Fsp3) is 0.467. The second-order valence-corrected chi connectivity index (χ2v) is 5.41. The SMILES string of the molecule is CCn1c2c(c3c(F)c(F)c(C(F)(F)F)c(F)c31)CCCC2. The first-order chi connectivity index (χ1) is 10.3. The Hall–Kier alpha value is -1.66. The van der Waals surface area contributed by atoms with Crippen LogP contribution in [0, 0.1) is 17.5 Å². The summed E-state index contributed by atoms with van der Waals surface area (Å²) in [4.78, 5) is 0. The lowest BCUT2D eigenvalue weighted by atomic mass is 9.95.